The van der Waals surface area contributed by atoms with E-state index >= 15 is 0 Å². The molecular formula is C12H19ClN2S. The van der Waals surface area contributed by atoms with Gasteiger partial charge < -0.3 is 5.32 Å². The number of thiazole rings is 1. The molecule has 0 saturated heterocycles. The molecule has 4 heteroatoms. The van der Waals surface area contributed by atoms with Crippen molar-refractivity contribution >= 4 is 22.9 Å². The molecule has 2 nitrogen and oxygen atoms in total. The van der Waals surface area contributed by atoms with Gasteiger partial charge in [0.2, 0.25) is 0 Å². The van der Waals surface area contributed by atoms with Gasteiger partial charge in [-0.15, -0.1) is 11.3 Å². The van der Waals surface area contributed by atoms with Crippen LogP contribution in [0, 0.1) is 5.92 Å². The molecule has 0 radical (unpaired) electrons. The second-order valence-corrected chi connectivity index (χ2v) is 6.37. The van der Waals surface area contributed by atoms with Gasteiger partial charge in [-0.25, -0.2) is 4.98 Å². The molecule has 0 aromatic carbocycles. The maximum absolute atomic E-state index is 5.85. The standard InChI is InChI=1S/C12H19ClN2S/c1-9(10-5-3-2-4-6-10)14-8-12-15-7-11(13)16-12/h7,9-10,14H,2-6,8H2,1H3/t9-/m1/s1. The molecule has 0 spiro atoms. The van der Waals surface area contributed by atoms with Crippen molar-refractivity contribution < 1.29 is 0 Å². The minimum absolute atomic E-state index is 0.600. The maximum atomic E-state index is 5.85. The number of nitrogens with one attached hydrogen (secondary N) is 1. The van der Waals surface area contributed by atoms with E-state index in [1.807, 2.05) is 0 Å². The lowest BCUT2D eigenvalue weighted by atomic mass is 9.84. The van der Waals surface area contributed by atoms with Crippen LogP contribution in [0.5, 0.6) is 0 Å². The topological polar surface area (TPSA) is 24.9 Å². The number of aromatic nitrogens is 1. The van der Waals surface area contributed by atoms with Crippen LogP contribution in [0.4, 0.5) is 0 Å². The zero-order chi connectivity index (χ0) is 11.4. The van der Waals surface area contributed by atoms with Crippen LogP contribution in [0.3, 0.4) is 0 Å². The lowest BCUT2D eigenvalue weighted by Gasteiger charge is -2.28. The van der Waals surface area contributed by atoms with Crippen molar-refractivity contribution in [1.82, 2.24) is 10.3 Å². The summed E-state index contributed by atoms with van der Waals surface area (Å²) in [4.78, 5) is 4.26. The quantitative estimate of drug-likeness (QED) is 0.887. The largest absolute Gasteiger partial charge is 0.308 e. The van der Waals surface area contributed by atoms with Crippen LogP contribution >= 0.6 is 22.9 Å². The fourth-order valence-electron chi connectivity index (χ4n) is 2.42. The summed E-state index contributed by atoms with van der Waals surface area (Å²) in [6.45, 7) is 3.15. The van der Waals surface area contributed by atoms with Crippen molar-refractivity contribution in [3.05, 3.63) is 15.5 Å². The van der Waals surface area contributed by atoms with Crippen LogP contribution in [0.1, 0.15) is 44.0 Å². The number of hydrogen-bond donors (Lipinski definition) is 1. The predicted octanol–water partition coefficient (Wildman–Crippen LogP) is 3.85. The summed E-state index contributed by atoms with van der Waals surface area (Å²) in [5.41, 5.74) is 0. The molecule has 1 fully saturated rings. The minimum atomic E-state index is 0.600. The number of halogens is 1. The molecule has 1 aliphatic rings. The first kappa shape index (κ1) is 12.3. The van der Waals surface area contributed by atoms with Crippen molar-refractivity contribution in [1.29, 1.82) is 0 Å². The van der Waals surface area contributed by atoms with Gasteiger partial charge in [-0.05, 0) is 25.7 Å². The summed E-state index contributed by atoms with van der Waals surface area (Å²) in [6.07, 6.45) is 8.72. The van der Waals surface area contributed by atoms with Crippen molar-refractivity contribution in [3.8, 4) is 0 Å². The van der Waals surface area contributed by atoms with Crippen molar-refractivity contribution in [2.24, 2.45) is 5.92 Å². The first-order chi connectivity index (χ1) is 7.75. The smallest absolute Gasteiger partial charge is 0.113 e. The maximum Gasteiger partial charge on any atom is 0.113 e. The van der Waals surface area contributed by atoms with Gasteiger partial charge in [-0.2, -0.15) is 0 Å². The minimum Gasteiger partial charge on any atom is -0.308 e. The molecule has 1 heterocycles. The summed E-state index contributed by atoms with van der Waals surface area (Å²) in [6, 6.07) is 0.600. The molecule has 16 heavy (non-hydrogen) atoms. The Morgan fingerprint density at radius 1 is 1.50 bits per heavy atom. The van der Waals surface area contributed by atoms with E-state index in [1.165, 1.54) is 32.1 Å². The van der Waals surface area contributed by atoms with Gasteiger partial charge in [-0.1, -0.05) is 30.9 Å². The molecule has 1 aliphatic carbocycles. The predicted molar refractivity (Wildman–Crippen MR) is 70.0 cm³/mol. The van der Waals surface area contributed by atoms with E-state index in [0.29, 0.717) is 6.04 Å². The molecule has 2 rings (SSSR count). The molecule has 1 aromatic rings. The van der Waals surface area contributed by atoms with Crippen LogP contribution in [-0.2, 0) is 6.54 Å². The van der Waals surface area contributed by atoms with Crippen LogP contribution in [0.15, 0.2) is 6.20 Å². The van der Waals surface area contributed by atoms with Crippen molar-refractivity contribution in [2.75, 3.05) is 0 Å². The molecule has 1 aromatic heterocycles. The highest BCUT2D eigenvalue weighted by atomic mass is 35.5. The van der Waals surface area contributed by atoms with Crippen LogP contribution in [-0.4, -0.2) is 11.0 Å². The molecule has 0 aliphatic heterocycles. The Morgan fingerprint density at radius 3 is 2.88 bits per heavy atom. The summed E-state index contributed by atoms with van der Waals surface area (Å²) in [5.74, 6) is 0.851. The van der Waals surface area contributed by atoms with Gasteiger partial charge in [0.25, 0.3) is 0 Å². The van der Waals surface area contributed by atoms with E-state index in [1.54, 1.807) is 17.5 Å². The Morgan fingerprint density at radius 2 is 2.25 bits per heavy atom. The highest BCUT2D eigenvalue weighted by molar-refractivity contribution is 7.15. The second kappa shape index (κ2) is 5.99. The first-order valence-corrected chi connectivity index (χ1v) is 7.29. The molecule has 1 saturated carbocycles. The van der Waals surface area contributed by atoms with E-state index in [4.69, 9.17) is 11.6 Å². The van der Waals surface area contributed by atoms with Gasteiger partial charge >= 0.3 is 0 Å². The Hall–Kier alpha value is -0.120. The monoisotopic (exact) mass is 258 g/mol. The third-order valence-corrected chi connectivity index (χ3v) is 4.57. The third-order valence-electron chi connectivity index (χ3n) is 3.46. The Bertz CT molecular complexity index is 321. The van der Waals surface area contributed by atoms with E-state index < -0.39 is 0 Å². The fourth-order valence-corrected chi connectivity index (χ4v) is 3.33. The molecule has 1 atom stereocenters. The number of hydrogen-bond acceptors (Lipinski definition) is 3. The lowest BCUT2D eigenvalue weighted by molar-refractivity contribution is 0.280. The molecular weight excluding hydrogens is 240 g/mol. The Balaban J connectivity index is 1.76. The van der Waals surface area contributed by atoms with E-state index in [0.717, 1.165) is 21.8 Å². The lowest BCUT2D eigenvalue weighted by Crippen LogP contribution is -2.34. The normalized spacial score (nSPS) is 19.9. The highest BCUT2D eigenvalue weighted by Gasteiger charge is 2.19. The van der Waals surface area contributed by atoms with Crippen molar-refractivity contribution in [2.45, 2.75) is 51.6 Å². The fraction of sp³-hybridized carbons (Fsp3) is 0.750. The average Bonchev–Trinajstić information content (AvgIpc) is 2.73. The first-order valence-electron chi connectivity index (χ1n) is 6.09. The van der Waals surface area contributed by atoms with Crippen molar-refractivity contribution in [3.63, 3.8) is 0 Å². The SMILES string of the molecule is C[C@@H](NCc1ncc(Cl)s1)C1CCCCC1. The van der Waals surface area contributed by atoms with Gasteiger partial charge in [0.05, 0.1) is 6.20 Å². The number of nitrogens with zero attached hydrogens (tertiary/aromatic N) is 1. The molecule has 0 unspecified atom stereocenters. The summed E-state index contributed by atoms with van der Waals surface area (Å²) in [5, 5.41) is 4.66. The summed E-state index contributed by atoms with van der Waals surface area (Å²) < 4.78 is 0.780. The molecule has 0 bridgehead atoms. The van der Waals surface area contributed by atoms with Gasteiger partial charge in [0, 0.05) is 12.6 Å². The highest BCUT2D eigenvalue weighted by Crippen LogP contribution is 2.26. The second-order valence-electron chi connectivity index (χ2n) is 4.63. The van der Waals surface area contributed by atoms with Gasteiger partial charge in [0.15, 0.2) is 0 Å². The van der Waals surface area contributed by atoms with Gasteiger partial charge in [0.1, 0.15) is 9.34 Å². The van der Waals surface area contributed by atoms with Crippen LogP contribution in [0.2, 0.25) is 4.34 Å². The summed E-state index contributed by atoms with van der Waals surface area (Å²) >= 11 is 7.42. The Labute approximate surface area is 106 Å². The Kier molecular flexibility index (Phi) is 4.62. The zero-order valence-corrected chi connectivity index (χ0v) is 11.3. The zero-order valence-electron chi connectivity index (χ0n) is 9.71. The average molecular weight is 259 g/mol. The molecule has 90 valence electrons. The molecule has 1 N–H and O–H groups in total. The van der Waals surface area contributed by atoms with Crippen LogP contribution in [0.25, 0.3) is 0 Å². The van der Waals surface area contributed by atoms with Crippen LogP contribution < -0.4 is 5.32 Å². The van der Waals surface area contributed by atoms with E-state index in [2.05, 4.69) is 17.2 Å². The van der Waals surface area contributed by atoms with Gasteiger partial charge in [-0.3, -0.25) is 0 Å². The number of rotatable bonds is 4. The van der Waals surface area contributed by atoms with E-state index in [-0.39, 0.29) is 0 Å². The van der Waals surface area contributed by atoms with E-state index in [9.17, 15) is 0 Å². The molecule has 0 amide bonds. The third kappa shape index (κ3) is 3.44. The summed E-state index contributed by atoms with van der Waals surface area (Å²) in [7, 11) is 0.